The highest BCUT2D eigenvalue weighted by molar-refractivity contribution is 7.89. The molecule has 0 aliphatic carbocycles. The molecule has 2 rings (SSSR count). The molecule has 0 spiro atoms. The molecule has 124 valence electrons. The van der Waals surface area contributed by atoms with Gasteiger partial charge >= 0.3 is 6.03 Å². The largest absolute Gasteiger partial charge is 0.336 e. The summed E-state index contributed by atoms with van der Waals surface area (Å²) in [6.07, 6.45) is 5.16. The molecule has 1 aromatic carbocycles. The molecule has 0 atom stereocenters. The van der Waals surface area contributed by atoms with Crippen molar-refractivity contribution in [2.24, 2.45) is 0 Å². The van der Waals surface area contributed by atoms with E-state index in [2.05, 4.69) is 20.3 Å². The fraction of sp³-hybridized carbons (Fsp3) is 0.286. The van der Waals surface area contributed by atoms with Gasteiger partial charge in [0.1, 0.15) is 0 Å². The number of hydrogen-bond donors (Lipinski definition) is 3. The first kappa shape index (κ1) is 17.0. The van der Waals surface area contributed by atoms with Crippen molar-refractivity contribution in [3.05, 3.63) is 48.5 Å². The number of hydrogen-bond acceptors (Lipinski definition) is 4. The van der Waals surface area contributed by atoms with Gasteiger partial charge in [0.05, 0.1) is 11.2 Å². The summed E-state index contributed by atoms with van der Waals surface area (Å²) in [5.41, 5.74) is 0.700. The van der Waals surface area contributed by atoms with Crippen LogP contribution in [0.15, 0.2) is 47.9 Å². The van der Waals surface area contributed by atoms with Crippen molar-refractivity contribution >= 4 is 16.1 Å². The summed E-state index contributed by atoms with van der Waals surface area (Å²) in [7, 11) is -2.13. The van der Waals surface area contributed by atoms with Crippen LogP contribution in [0.2, 0.25) is 0 Å². The summed E-state index contributed by atoms with van der Waals surface area (Å²) < 4.78 is 27.6. The van der Waals surface area contributed by atoms with Crippen molar-refractivity contribution in [2.75, 3.05) is 13.6 Å². The Bertz CT molecular complexity index is 744. The second kappa shape index (κ2) is 7.75. The van der Waals surface area contributed by atoms with Crippen molar-refractivity contribution in [3.63, 3.8) is 0 Å². The minimum atomic E-state index is -3.49. The Balaban J connectivity index is 1.81. The van der Waals surface area contributed by atoms with Crippen LogP contribution in [0.4, 0.5) is 4.79 Å². The molecule has 9 heteroatoms. The maximum atomic E-state index is 11.7. The normalized spacial score (nSPS) is 11.2. The number of sulfonamides is 1. The van der Waals surface area contributed by atoms with Gasteiger partial charge in [-0.15, -0.1) is 0 Å². The number of rotatable bonds is 7. The zero-order chi connectivity index (χ0) is 16.7. The average Bonchev–Trinajstić information content (AvgIpc) is 3.06. The smallest absolute Gasteiger partial charge is 0.315 e. The molecular formula is C14H19N5O3S. The number of imidazole rings is 1. The summed E-state index contributed by atoms with van der Waals surface area (Å²) >= 11 is 0. The quantitative estimate of drug-likeness (QED) is 0.675. The number of benzene rings is 1. The van der Waals surface area contributed by atoms with Gasteiger partial charge < -0.3 is 15.2 Å². The number of aromatic nitrogens is 2. The van der Waals surface area contributed by atoms with E-state index in [4.69, 9.17) is 0 Å². The lowest BCUT2D eigenvalue weighted by molar-refractivity contribution is 0.240. The maximum absolute atomic E-state index is 11.7. The van der Waals surface area contributed by atoms with Gasteiger partial charge in [0.15, 0.2) is 0 Å². The fourth-order valence-electron chi connectivity index (χ4n) is 1.90. The van der Waals surface area contributed by atoms with Crippen molar-refractivity contribution in [3.8, 4) is 0 Å². The lowest BCUT2D eigenvalue weighted by Gasteiger charge is -2.09. The summed E-state index contributed by atoms with van der Waals surface area (Å²) in [6.45, 7) is 1.34. The van der Waals surface area contributed by atoms with Crippen LogP contribution < -0.4 is 15.4 Å². The first-order valence-electron chi connectivity index (χ1n) is 7.01. The second-order valence-corrected chi connectivity index (χ2v) is 6.65. The van der Waals surface area contributed by atoms with Gasteiger partial charge in [-0.05, 0) is 24.7 Å². The van der Waals surface area contributed by atoms with E-state index in [0.29, 0.717) is 18.7 Å². The molecule has 0 radical (unpaired) electrons. The van der Waals surface area contributed by atoms with Crippen LogP contribution in [0, 0.1) is 0 Å². The predicted octanol–water partition coefficient (Wildman–Crippen LogP) is 0.291. The van der Waals surface area contributed by atoms with E-state index in [1.165, 1.54) is 19.2 Å². The lowest BCUT2D eigenvalue weighted by atomic mass is 10.2. The molecule has 0 bridgehead atoms. The SMILES string of the molecule is CNS(=O)(=O)c1cccc(CNC(=O)NCCn2ccnc2)c1. The molecule has 0 fully saturated rings. The monoisotopic (exact) mass is 337 g/mol. The molecule has 1 heterocycles. The first-order valence-corrected chi connectivity index (χ1v) is 8.49. The molecule has 2 amide bonds. The number of carbonyl (C=O) groups excluding carboxylic acids is 1. The molecule has 0 saturated carbocycles. The second-order valence-electron chi connectivity index (χ2n) is 4.76. The van der Waals surface area contributed by atoms with Crippen LogP contribution in [-0.2, 0) is 23.1 Å². The molecule has 2 aromatic rings. The van der Waals surface area contributed by atoms with Gasteiger partial charge in [-0.25, -0.2) is 22.9 Å². The molecular weight excluding hydrogens is 318 g/mol. The number of nitrogens with one attached hydrogen (secondary N) is 3. The predicted molar refractivity (Wildman–Crippen MR) is 85.2 cm³/mol. The van der Waals surface area contributed by atoms with Gasteiger partial charge in [-0.2, -0.15) is 0 Å². The van der Waals surface area contributed by atoms with Crippen LogP contribution in [-0.4, -0.2) is 37.6 Å². The van der Waals surface area contributed by atoms with Crippen LogP contribution in [0.5, 0.6) is 0 Å². The van der Waals surface area contributed by atoms with Crippen molar-refractivity contribution in [1.29, 1.82) is 0 Å². The highest BCUT2D eigenvalue weighted by Crippen LogP contribution is 2.10. The highest BCUT2D eigenvalue weighted by atomic mass is 32.2. The zero-order valence-electron chi connectivity index (χ0n) is 12.7. The Morgan fingerprint density at radius 2 is 2.13 bits per heavy atom. The Labute approximate surface area is 135 Å². The van der Waals surface area contributed by atoms with Crippen molar-refractivity contribution in [1.82, 2.24) is 24.9 Å². The minimum absolute atomic E-state index is 0.166. The maximum Gasteiger partial charge on any atom is 0.315 e. The van der Waals surface area contributed by atoms with Crippen LogP contribution >= 0.6 is 0 Å². The van der Waals surface area contributed by atoms with Crippen LogP contribution in [0.3, 0.4) is 0 Å². The molecule has 0 aliphatic heterocycles. The molecule has 0 aliphatic rings. The fourth-order valence-corrected chi connectivity index (χ4v) is 2.70. The minimum Gasteiger partial charge on any atom is -0.336 e. The van der Waals surface area contributed by atoms with E-state index in [1.807, 2.05) is 10.8 Å². The van der Waals surface area contributed by atoms with E-state index in [1.54, 1.807) is 24.7 Å². The molecule has 0 unspecified atom stereocenters. The highest BCUT2D eigenvalue weighted by Gasteiger charge is 2.11. The van der Waals surface area contributed by atoms with Crippen LogP contribution in [0.1, 0.15) is 5.56 Å². The standard InChI is InChI=1S/C14H19N5O3S/c1-15-23(21,22)13-4-2-3-12(9-13)10-18-14(20)17-6-8-19-7-5-16-11-19/h2-5,7,9,11,15H,6,8,10H2,1H3,(H2,17,18,20). The molecule has 23 heavy (non-hydrogen) atoms. The van der Waals surface area contributed by atoms with Gasteiger partial charge in [-0.1, -0.05) is 12.1 Å². The summed E-state index contributed by atoms with van der Waals surface area (Å²) in [5.74, 6) is 0. The average molecular weight is 337 g/mol. The topological polar surface area (TPSA) is 105 Å². The third-order valence-corrected chi connectivity index (χ3v) is 4.56. The van der Waals surface area contributed by atoms with E-state index >= 15 is 0 Å². The number of urea groups is 1. The van der Waals surface area contributed by atoms with Gasteiger partial charge in [0.2, 0.25) is 10.0 Å². The Kier molecular flexibility index (Phi) is 5.72. The Morgan fingerprint density at radius 3 is 2.83 bits per heavy atom. The van der Waals surface area contributed by atoms with Crippen molar-refractivity contribution < 1.29 is 13.2 Å². The van der Waals surface area contributed by atoms with Gasteiger partial charge in [0, 0.05) is 32.0 Å². The Morgan fingerprint density at radius 1 is 1.30 bits per heavy atom. The summed E-state index contributed by atoms with van der Waals surface area (Å²) in [4.78, 5) is 15.8. The van der Waals surface area contributed by atoms with E-state index < -0.39 is 10.0 Å². The lowest BCUT2D eigenvalue weighted by Crippen LogP contribution is -2.36. The first-order chi connectivity index (χ1) is 11.0. The third-order valence-electron chi connectivity index (χ3n) is 3.15. The van der Waals surface area contributed by atoms with Crippen molar-refractivity contribution in [2.45, 2.75) is 18.0 Å². The molecule has 8 nitrogen and oxygen atoms in total. The van der Waals surface area contributed by atoms with Crippen LogP contribution in [0.25, 0.3) is 0 Å². The van der Waals surface area contributed by atoms with E-state index in [-0.39, 0.29) is 17.5 Å². The van der Waals surface area contributed by atoms with Gasteiger partial charge in [-0.3, -0.25) is 0 Å². The molecule has 0 saturated heterocycles. The Hall–Kier alpha value is -2.39. The summed E-state index contributed by atoms with van der Waals surface area (Å²) in [6, 6.07) is 6.10. The number of carbonyl (C=O) groups is 1. The number of amides is 2. The molecule has 1 aromatic heterocycles. The number of nitrogens with zero attached hydrogens (tertiary/aromatic N) is 2. The molecule has 3 N–H and O–H groups in total. The zero-order valence-corrected chi connectivity index (χ0v) is 13.5. The van der Waals surface area contributed by atoms with Gasteiger partial charge in [0.25, 0.3) is 0 Å². The third kappa shape index (κ3) is 5.08. The summed E-state index contributed by atoms with van der Waals surface area (Å²) in [5, 5.41) is 5.40. The van der Waals surface area contributed by atoms with E-state index in [9.17, 15) is 13.2 Å². The van der Waals surface area contributed by atoms with E-state index in [0.717, 1.165) is 0 Å².